The summed E-state index contributed by atoms with van der Waals surface area (Å²) in [4.78, 5) is 11.4. The Hall–Kier alpha value is -1.75. The normalized spacial score (nSPS) is 10.4. The molecule has 1 aromatic heterocycles. The van der Waals surface area contributed by atoms with Crippen molar-refractivity contribution in [1.82, 2.24) is 9.78 Å². The lowest BCUT2D eigenvalue weighted by Crippen LogP contribution is -2.16. The van der Waals surface area contributed by atoms with Gasteiger partial charge < -0.3 is 5.32 Å². The Bertz CT molecular complexity index is 577. The Morgan fingerprint density at radius 1 is 1.39 bits per heavy atom. The fraction of sp³-hybridized carbons (Fsp3) is 0.231. The topological polar surface area (TPSA) is 46.9 Å². The third kappa shape index (κ3) is 2.56. The number of carbonyl (C=O) groups excluding carboxylic acids is 1. The van der Waals surface area contributed by atoms with Crippen LogP contribution in [0.5, 0.6) is 0 Å². The highest BCUT2D eigenvalue weighted by Gasteiger charge is 2.11. The van der Waals surface area contributed by atoms with Crippen molar-refractivity contribution in [3.63, 3.8) is 0 Å². The number of para-hydroxylation sites is 1. The van der Waals surface area contributed by atoms with Crippen molar-refractivity contribution in [1.29, 1.82) is 0 Å². The number of aromatic nitrogens is 2. The smallest absolute Gasteiger partial charge is 0.235 e. The Labute approximate surface area is 111 Å². The van der Waals surface area contributed by atoms with Crippen LogP contribution in [0.4, 0.5) is 5.82 Å². The maximum absolute atomic E-state index is 11.4. The molecule has 0 aliphatic carbocycles. The summed E-state index contributed by atoms with van der Waals surface area (Å²) in [5, 5.41) is 7.20. The molecule has 1 aromatic carbocycles. The Morgan fingerprint density at radius 3 is 2.78 bits per heavy atom. The van der Waals surface area contributed by atoms with Crippen LogP contribution >= 0.6 is 12.6 Å². The van der Waals surface area contributed by atoms with Gasteiger partial charge in [0.2, 0.25) is 5.91 Å². The molecule has 2 aromatic rings. The van der Waals surface area contributed by atoms with Gasteiger partial charge in [0.1, 0.15) is 5.82 Å². The molecule has 1 amide bonds. The molecule has 0 saturated carbocycles. The SMILES string of the molecule is Cc1cc(NC(=O)CS)n(-c2ccccc2C)n1. The average molecular weight is 261 g/mol. The maximum atomic E-state index is 11.4. The zero-order valence-electron chi connectivity index (χ0n) is 10.3. The number of thiol groups is 1. The predicted octanol–water partition coefficient (Wildman–Crippen LogP) is 2.36. The molecule has 94 valence electrons. The van der Waals surface area contributed by atoms with Crippen LogP contribution in [0.3, 0.4) is 0 Å². The Morgan fingerprint density at radius 2 is 2.11 bits per heavy atom. The molecule has 1 heterocycles. The number of benzene rings is 1. The van der Waals surface area contributed by atoms with Crippen LogP contribution in [-0.4, -0.2) is 21.4 Å². The molecule has 0 bridgehead atoms. The van der Waals surface area contributed by atoms with Gasteiger partial charge >= 0.3 is 0 Å². The van der Waals surface area contributed by atoms with Gasteiger partial charge in [0.05, 0.1) is 17.1 Å². The van der Waals surface area contributed by atoms with Gasteiger partial charge in [-0.25, -0.2) is 4.68 Å². The van der Waals surface area contributed by atoms with Gasteiger partial charge in [-0.2, -0.15) is 17.7 Å². The molecule has 4 nitrogen and oxygen atoms in total. The Balaban J connectivity index is 2.45. The molecule has 2 rings (SSSR count). The highest BCUT2D eigenvalue weighted by Crippen LogP contribution is 2.19. The van der Waals surface area contributed by atoms with Gasteiger partial charge in [-0.05, 0) is 25.5 Å². The van der Waals surface area contributed by atoms with E-state index in [9.17, 15) is 4.79 Å². The molecule has 0 aliphatic heterocycles. The van der Waals surface area contributed by atoms with E-state index in [-0.39, 0.29) is 11.7 Å². The molecule has 0 unspecified atom stereocenters. The highest BCUT2D eigenvalue weighted by molar-refractivity contribution is 7.81. The number of hydrogen-bond acceptors (Lipinski definition) is 3. The molecule has 0 radical (unpaired) electrons. The zero-order valence-corrected chi connectivity index (χ0v) is 11.2. The van der Waals surface area contributed by atoms with Crippen LogP contribution in [0.15, 0.2) is 30.3 Å². The molecule has 0 aliphatic rings. The molecule has 18 heavy (non-hydrogen) atoms. The van der Waals surface area contributed by atoms with Crippen LogP contribution in [0.1, 0.15) is 11.3 Å². The van der Waals surface area contributed by atoms with E-state index >= 15 is 0 Å². The molecule has 0 spiro atoms. The van der Waals surface area contributed by atoms with Crippen molar-refractivity contribution < 1.29 is 4.79 Å². The molecular weight excluding hydrogens is 246 g/mol. The fourth-order valence-electron chi connectivity index (χ4n) is 1.76. The number of nitrogens with zero attached hydrogens (tertiary/aromatic N) is 2. The molecule has 5 heteroatoms. The predicted molar refractivity (Wildman–Crippen MR) is 75.5 cm³/mol. The molecule has 0 fully saturated rings. The minimum absolute atomic E-state index is 0.145. The summed E-state index contributed by atoms with van der Waals surface area (Å²) >= 11 is 3.95. The van der Waals surface area contributed by atoms with Crippen LogP contribution in [0.2, 0.25) is 0 Å². The van der Waals surface area contributed by atoms with Gasteiger partial charge in [-0.3, -0.25) is 4.79 Å². The summed E-state index contributed by atoms with van der Waals surface area (Å²) in [6, 6.07) is 9.74. The summed E-state index contributed by atoms with van der Waals surface area (Å²) in [6.07, 6.45) is 0. The van der Waals surface area contributed by atoms with Gasteiger partial charge in [-0.1, -0.05) is 18.2 Å². The van der Waals surface area contributed by atoms with E-state index in [0.717, 1.165) is 16.9 Å². The van der Waals surface area contributed by atoms with Crippen LogP contribution in [0, 0.1) is 13.8 Å². The quantitative estimate of drug-likeness (QED) is 0.833. The first-order valence-corrected chi connectivity index (χ1v) is 6.28. The molecule has 0 atom stereocenters. The number of anilines is 1. The monoisotopic (exact) mass is 261 g/mol. The number of aryl methyl sites for hydroxylation is 2. The zero-order chi connectivity index (χ0) is 13.1. The summed E-state index contributed by atoms with van der Waals surface area (Å²) in [5.74, 6) is 0.673. The van der Waals surface area contributed by atoms with Crippen molar-refractivity contribution in [2.45, 2.75) is 13.8 Å². The minimum Gasteiger partial charge on any atom is -0.310 e. The van der Waals surface area contributed by atoms with Crippen molar-refractivity contribution >= 4 is 24.4 Å². The lowest BCUT2D eigenvalue weighted by Gasteiger charge is -2.10. The standard InChI is InChI=1S/C13H15N3OS/c1-9-5-3-4-6-11(9)16-12(7-10(2)15-16)14-13(17)8-18/h3-7,18H,8H2,1-2H3,(H,14,17). The van der Waals surface area contributed by atoms with E-state index in [1.165, 1.54) is 0 Å². The van der Waals surface area contributed by atoms with E-state index < -0.39 is 0 Å². The first-order valence-electron chi connectivity index (χ1n) is 5.65. The van der Waals surface area contributed by atoms with Gasteiger partial charge in [0.25, 0.3) is 0 Å². The van der Waals surface area contributed by atoms with Crippen LogP contribution < -0.4 is 5.32 Å². The third-order valence-corrected chi connectivity index (χ3v) is 2.87. The van der Waals surface area contributed by atoms with Crippen molar-refractivity contribution in [2.75, 3.05) is 11.1 Å². The second kappa shape index (κ2) is 5.27. The molecule has 1 N–H and O–H groups in total. The van der Waals surface area contributed by atoms with E-state index in [1.54, 1.807) is 4.68 Å². The molecular formula is C13H15N3OS. The van der Waals surface area contributed by atoms with Gasteiger partial charge in [-0.15, -0.1) is 0 Å². The Kier molecular flexibility index (Phi) is 3.72. The van der Waals surface area contributed by atoms with Crippen molar-refractivity contribution in [2.24, 2.45) is 0 Å². The number of nitrogens with one attached hydrogen (secondary N) is 1. The highest BCUT2D eigenvalue weighted by atomic mass is 32.1. The van der Waals surface area contributed by atoms with Gasteiger partial charge in [0, 0.05) is 6.07 Å². The first-order chi connectivity index (χ1) is 8.61. The average Bonchev–Trinajstić information content (AvgIpc) is 2.70. The van der Waals surface area contributed by atoms with E-state index in [4.69, 9.17) is 0 Å². The van der Waals surface area contributed by atoms with Crippen molar-refractivity contribution in [3.8, 4) is 5.69 Å². The van der Waals surface area contributed by atoms with E-state index in [1.807, 2.05) is 44.2 Å². The number of amides is 1. The maximum Gasteiger partial charge on any atom is 0.235 e. The summed E-state index contributed by atoms with van der Waals surface area (Å²) in [7, 11) is 0. The summed E-state index contributed by atoms with van der Waals surface area (Å²) < 4.78 is 1.74. The number of carbonyl (C=O) groups is 1. The number of hydrogen-bond donors (Lipinski definition) is 2. The fourth-order valence-corrected chi connectivity index (χ4v) is 1.83. The summed E-state index contributed by atoms with van der Waals surface area (Å²) in [5.41, 5.74) is 2.91. The third-order valence-electron chi connectivity index (χ3n) is 2.59. The van der Waals surface area contributed by atoms with Gasteiger partial charge in [0.15, 0.2) is 0 Å². The van der Waals surface area contributed by atoms with Crippen LogP contribution in [0.25, 0.3) is 5.69 Å². The summed E-state index contributed by atoms with van der Waals surface area (Å²) in [6.45, 7) is 3.90. The minimum atomic E-state index is -0.145. The first kappa shape index (κ1) is 12.7. The lowest BCUT2D eigenvalue weighted by atomic mass is 10.2. The lowest BCUT2D eigenvalue weighted by molar-refractivity contribution is -0.113. The van der Waals surface area contributed by atoms with Crippen LogP contribution in [-0.2, 0) is 4.79 Å². The van der Waals surface area contributed by atoms with E-state index in [0.29, 0.717) is 5.82 Å². The second-order valence-corrected chi connectivity index (χ2v) is 4.39. The van der Waals surface area contributed by atoms with E-state index in [2.05, 4.69) is 23.0 Å². The largest absolute Gasteiger partial charge is 0.310 e. The second-order valence-electron chi connectivity index (χ2n) is 4.08. The molecule has 0 saturated heterocycles. The van der Waals surface area contributed by atoms with Crippen molar-refractivity contribution in [3.05, 3.63) is 41.6 Å². The number of rotatable bonds is 3.